The highest BCUT2D eigenvalue weighted by Crippen LogP contribution is 2.28. The van der Waals surface area contributed by atoms with Crippen LogP contribution < -0.4 is 10.7 Å². The Balaban J connectivity index is 1.30. The number of carbonyl (C=O) groups excluding carboxylic acids is 1. The number of aromatic nitrogens is 2. The third-order valence-corrected chi connectivity index (χ3v) is 13.6. The second kappa shape index (κ2) is 15.0. The molecule has 2 aliphatic heterocycles. The molecular weight excluding hydrogens is 673 g/mol. The fourth-order valence-electron chi connectivity index (χ4n) is 6.55. The van der Waals surface area contributed by atoms with Crippen LogP contribution in [0.3, 0.4) is 0 Å². The maximum atomic E-state index is 13.8. The molecule has 3 aromatic carbocycles. The summed E-state index contributed by atoms with van der Waals surface area (Å²) in [4.78, 5) is 18.9. The lowest BCUT2D eigenvalue weighted by Crippen LogP contribution is -2.41. The highest BCUT2D eigenvalue weighted by Gasteiger charge is 2.32. The zero-order chi connectivity index (χ0) is 35.5. The van der Waals surface area contributed by atoms with Crippen molar-refractivity contribution in [3.05, 3.63) is 102 Å². The average Bonchev–Trinajstić information content (AvgIpc) is 3.12. The highest BCUT2D eigenvalue weighted by atomic mass is 32.2. The Morgan fingerprint density at radius 1 is 0.760 bits per heavy atom. The van der Waals surface area contributed by atoms with Gasteiger partial charge >= 0.3 is 0 Å². The third kappa shape index (κ3) is 7.60. The molecule has 0 radical (unpaired) electrons. The van der Waals surface area contributed by atoms with Gasteiger partial charge in [-0.3, -0.25) is 4.79 Å². The minimum Gasteiger partial charge on any atom is -0.321 e. The molecule has 11 nitrogen and oxygen atoms in total. The van der Waals surface area contributed by atoms with Crippen LogP contribution in [0.15, 0.2) is 99.8 Å². The van der Waals surface area contributed by atoms with E-state index in [2.05, 4.69) is 17.3 Å². The number of piperidine rings is 2. The van der Waals surface area contributed by atoms with E-state index in [4.69, 9.17) is 4.99 Å². The summed E-state index contributed by atoms with van der Waals surface area (Å²) in [6.45, 7) is 6.93. The van der Waals surface area contributed by atoms with E-state index < -0.39 is 26.0 Å². The summed E-state index contributed by atoms with van der Waals surface area (Å²) in [6.07, 6.45) is 7.96. The molecule has 50 heavy (non-hydrogen) atoms. The average molecular weight is 717 g/mol. The molecule has 0 bridgehead atoms. The smallest absolute Gasteiger partial charge is 0.278 e. The van der Waals surface area contributed by atoms with Gasteiger partial charge in [0.05, 0.1) is 26.5 Å². The second-order valence-electron chi connectivity index (χ2n) is 13.0. The molecule has 2 aliphatic rings. The Labute approximate surface area is 294 Å². The Bertz CT molecular complexity index is 2110. The molecule has 13 heteroatoms. The zero-order valence-corrected chi connectivity index (χ0v) is 30.3. The van der Waals surface area contributed by atoms with Crippen LogP contribution >= 0.6 is 0 Å². The molecule has 2 fully saturated rings. The van der Waals surface area contributed by atoms with E-state index in [-0.39, 0.29) is 32.9 Å². The summed E-state index contributed by atoms with van der Waals surface area (Å²) in [6, 6.07) is 21.9. The Morgan fingerprint density at radius 2 is 1.30 bits per heavy atom. The van der Waals surface area contributed by atoms with Crippen molar-refractivity contribution in [3.63, 3.8) is 0 Å². The number of anilines is 1. The number of hydrogen-bond donors (Lipinski definition) is 1. The predicted octanol–water partition coefficient (Wildman–Crippen LogP) is 6.05. The van der Waals surface area contributed by atoms with Crippen molar-refractivity contribution in [1.29, 1.82) is 0 Å². The lowest BCUT2D eigenvalue weighted by atomic mass is 10.1. The summed E-state index contributed by atoms with van der Waals surface area (Å²) >= 11 is 0. The molecule has 0 aliphatic carbocycles. The van der Waals surface area contributed by atoms with E-state index in [9.17, 15) is 21.6 Å². The minimum absolute atomic E-state index is 0.0322. The molecule has 0 unspecified atom stereocenters. The van der Waals surface area contributed by atoms with Crippen molar-refractivity contribution in [2.45, 2.75) is 87.6 Å². The number of amides is 1. The number of aryl methyl sites for hydroxylation is 1. The monoisotopic (exact) mass is 716 g/mol. The topological polar surface area (TPSA) is 134 Å². The van der Waals surface area contributed by atoms with E-state index in [0.717, 1.165) is 50.6 Å². The van der Waals surface area contributed by atoms with Gasteiger partial charge < -0.3 is 5.32 Å². The van der Waals surface area contributed by atoms with Crippen LogP contribution in [0, 0.1) is 0 Å². The SMILES string of the molecule is CCc1ccc(-n2ccc(=Nc3ccc(S(=O)(=O)N4CCCC[C@H]4C)cc3)c(C(=O)Nc3ccc(S(=O)(=O)N4CCCC[C@@H]4C)cc3)n2)cc1. The molecule has 0 saturated carbocycles. The minimum atomic E-state index is -3.66. The van der Waals surface area contributed by atoms with Gasteiger partial charge in [-0.1, -0.05) is 31.9 Å². The molecule has 3 heterocycles. The first-order valence-electron chi connectivity index (χ1n) is 17.3. The molecule has 4 aromatic rings. The molecule has 1 amide bonds. The van der Waals surface area contributed by atoms with Gasteiger partial charge in [0.2, 0.25) is 20.0 Å². The van der Waals surface area contributed by atoms with Crippen molar-refractivity contribution in [3.8, 4) is 5.69 Å². The number of carbonyl (C=O) groups is 1. The van der Waals surface area contributed by atoms with Crippen molar-refractivity contribution < 1.29 is 21.6 Å². The zero-order valence-electron chi connectivity index (χ0n) is 28.7. The second-order valence-corrected chi connectivity index (χ2v) is 16.8. The Morgan fingerprint density at radius 3 is 1.82 bits per heavy atom. The van der Waals surface area contributed by atoms with Crippen LogP contribution in [0.2, 0.25) is 0 Å². The third-order valence-electron chi connectivity index (χ3n) is 9.54. The number of nitrogens with one attached hydrogen (secondary N) is 1. The first kappa shape index (κ1) is 35.6. The van der Waals surface area contributed by atoms with Crippen LogP contribution in [0.4, 0.5) is 11.4 Å². The number of sulfonamides is 2. The summed E-state index contributed by atoms with van der Waals surface area (Å²) in [5.74, 6) is -0.540. The summed E-state index contributed by atoms with van der Waals surface area (Å²) < 4.78 is 58.1. The van der Waals surface area contributed by atoms with E-state index in [1.807, 2.05) is 38.1 Å². The molecule has 264 valence electrons. The molecule has 2 saturated heterocycles. The number of hydrogen-bond acceptors (Lipinski definition) is 7. The van der Waals surface area contributed by atoms with Gasteiger partial charge in [-0.25, -0.2) is 26.5 Å². The lowest BCUT2D eigenvalue weighted by molar-refractivity contribution is 0.101. The van der Waals surface area contributed by atoms with Gasteiger partial charge in [0.25, 0.3) is 5.91 Å². The van der Waals surface area contributed by atoms with Crippen molar-refractivity contribution in [1.82, 2.24) is 18.4 Å². The Hall–Kier alpha value is -4.17. The normalized spacial score (nSPS) is 19.7. The quantitative estimate of drug-likeness (QED) is 0.224. The first-order valence-corrected chi connectivity index (χ1v) is 20.1. The first-order chi connectivity index (χ1) is 24.0. The van der Waals surface area contributed by atoms with E-state index in [1.165, 1.54) is 17.7 Å². The molecule has 6 rings (SSSR count). The van der Waals surface area contributed by atoms with Crippen molar-refractivity contribution in [2.75, 3.05) is 18.4 Å². The fraction of sp³-hybridized carbons (Fsp3) is 0.378. The van der Waals surface area contributed by atoms with Gasteiger partial charge in [-0.15, -0.1) is 0 Å². The number of rotatable bonds is 9. The van der Waals surface area contributed by atoms with Crippen LogP contribution in [-0.4, -0.2) is 66.3 Å². The molecule has 0 spiro atoms. The van der Waals surface area contributed by atoms with Crippen LogP contribution in [0.5, 0.6) is 0 Å². The fourth-order valence-corrected chi connectivity index (χ4v) is 9.95. The maximum Gasteiger partial charge on any atom is 0.278 e. The van der Waals surface area contributed by atoms with E-state index in [0.29, 0.717) is 24.5 Å². The van der Waals surface area contributed by atoms with Crippen LogP contribution in [0.25, 0.3) is 5.69 Å². The predicted molar refractivity (Wildman–Crippen MR) is 193 cm³/mol. The van der Waals surface area contributed by atoms with Gasteiger partial charge in [-0.05, 0) is 118 Å². The van der Waals surface area contributed by atoms with Gasteiger partial charge in [0, 0.05) is 37.1 Å². The van der Waals surface area contributed by atoms with E-state index in [1.54, 1.807) is 62.0 Å². The molecule has 1 N–H and O–H groups in total. The highest BCUT2D eigenvalue weighted by molar-refractivity contribution is 7.89. The molecule has 2 atom stereocenters. The maximum absolute atomic E-state index is 13.8. The van der Waals surface area contributed by atoms with E-state index >= 15 is 0 Å². The Kier molecular flexibility index (Phi) is 10.7. The lowest BCUT2D eigenvalue weighted by Gasteiger charge is -2.32. The molecule has 1 aromatic heterocycles. The largest absolute Gasteiger partial charge is 0.321 e. The summed E-state index contributed by atoms with van der Waals surface area (Å²) in [5, 5.41) is 7.78. The van der Waals surface area contributed by atoms with Crippen LogP contribution in [0.1, 0.15) is 75.3 Å². The van der Waals surface area contributed by atoms with Crippen LogP contribution in [-0.2, 0) is 26.5 Å². The number of nitrogens with zero attached hydrogens (tertiary/aromatic N) is 5. The standard InChI is InChI=1S/C37H44N6O5S2/c1-4-29-11-17-32(18-12-29)41-26-23-35(38-30-13-19-33(20-14-30)49(45,46)42-24-7-5-9-27(42)2)36(40-41)37(44)39-31-15-21-34(22-16-31)50(47,48)43-25-8-6-10-28(43)3/h11-23,26-28H,4-10,24-25H2,1-3H3,(H,39,44)/t27-,28+/m1/s1. The van der Waals surface area contributed by atoms with Gasteiger partial charge in [-0.2, -0.15) is 13.7 Å². The van der Waals surface area contributed by atoms with Crippen molar-refractivity contribution in [2.24, 2.45) is 4.99 Å². The van der Waals surface area contributed by atoms with Crippen molar-refractivity contribution >= 4 is 37.3 Å². The summed E-state index contributed by atoms with van der Waals surface area (Å²) in [7, 11) is -7.31. The van der Waals surface area contributed by atoms with Gasteiger partial charge in [0.15, 0.2) is 5.69 Å². The van der Waals surface area contributed by atoms with Gasteiger partial charge in [0.1, 0.15) is 0 Å². The molecular formula is C37H44N6O5S2. The number of benzene rings is 3. The summed E-state index contributed by atoms with van der Waals surface area (Å²) in [5.41, 5.74) is 2.81.